The molecule has 0 radical (unpaired) electrons. The highest BCUT2D eigenvalue weighted by molar-refractivity contribution is 5.81. The number of ether oxygens (including phenoxy) is 2. The zero-order chi connectivity index (χ0) is 13.9. The quantitative estimate of drug-likeness (QED) is 0.831. The maximum Gasteiger partial charge on any atom is 0.411 e. The zero-order valence-corrected chi connectivity index (χ0v) is 11.3. The lowest BCUT2D eigenvalue weighted by atomic mass is 10.2. The molecule has 2 unspecified atom stereocenters. The van der Waals surface area contributed by atoms with E-state index >= 15 is 0 Å². The number of carboxylic acids is 1. The Morgan fingerprint density at radius 2 is 2.00 bits per heavy atom. The summed E-state index contributed by atoms with van der Waals surface area (Å²) >= 11 is 0. The summed E-state index contributed by atoms with van der Waals surface area (Å²) in [5.74, 6) is -1.02. The van der Waals surface area contributed by atoms with Gasteiger partial charge in [-0.05, 0) is 27.7 Å². The summed E-state index contributed by atoms with van der Waals surface area (Å²) in [5.41, 5.74) is -0.635. The van der Waals surface area contributed by atoms with Crippen LogP contribution >= 0.6 is 0 Å². The predicted molar refractivity (Wildman–Crippen MR) is 64.4 cm³/mol. The molecule has 2 atom stereocenters. The molecule has 1 rings (SSSR count). The molecule has 1 aliphatic heterocycles. The SMILES string of the molecule is CCOC1CC(C(=O)O)N(C(=O)OC(C)(C)C)C1. The zero-order valence-electron chi connectivity index (χ0n) is 11.3. The van der Waals surface area contributed by atoms with Crippen molar-refractivity contribution in [3.63, 3.8) is 0 Å². The molecule has 1 amide bonds. The molecule has 1 aliphatic rings. The van der Waals surface area contributed by atoms with Crippen LogP contribution in [0.4, 0.5) is 4.79 Å². The second-order valence-corrected chi connectivity index (χ2v) is 5.30. The van der Waals surface area contributed by atoms with E-state index in [4.69, 9.17) is 14.6 Å². The Labute approximate surface area is 107 Å². The van der Waals surface area contributed by atoms with Gasteiger partial charge in [-0.2, -0.15) is 0 Å². The summed E-state index contributed by atoms with van der Waals surface area (Å²) in [6, 6.07) is -0.864. The summed E-state index contributed by atoms with van der Waals surface area (Å²) in [6.07, 6.45) is -0.525. The molecule has 0 spiro atoms. The van der Waals surface area contributed by atoms with Gasteiger partial charge in [0, 0.05) is 13.0 Å². The smallest absolute Gasteiger partial charge is 0.411 e. The Balaban J connectivity index is 2.72. The van der Waals surface area contributed by atoms with Gasteiger partial charge in [0.05, 0.1) is 12.6 Å². The molecule has 1 fully saturated rings. The summed E-state index contributed by atoms with van der Waals surface area (Å²) in [7, 11) is 0. The van der Waals surface area contributed by atoms with Crippen molar-refractivity contribution < 1.29 is 24.2 Å². The molecule has 18 heavy (non-hydrogen) atoms. The van der Waals surface area contributed by atoms with E-state index in [1.165, 1.54) is 4.90 Å². The number of likely N-dealkylation sites (tertiary alicyclic amines) is 1. The Kier molecular flexibility index (Phi) is 4.56. The molecule has 104 valence electrons. The third kappa shape index (κ3) is 3.87. The summed E-state index contributed by atoms with van der Waals surface area (Å²) in [5, 5.41) is 9.11. The second-order valence-electron chi connectivity index (χ2n) is 5.30. The number of hydrogen-bond donors (Lipinski definition) is 1. The fraction of sp³-hybridized carbons (Fsp3) is 0.833. The van der Waals surface area contributed by atoms with E-state index in [0.717, 1.165) is 0 Å². The molecule has 1 heterocycles. The molecule has 0 aromatic rings. The first-order valence-corrected chi connectivity index (χ1v) is 6.08. The molecule has 0 bridgehead atoms. The van der Waals surface area contributed by atoms with E-state index in [0.29, 0.717) is 13.0 Å². The maximum absolute atomic E-state index is 11.9. The van der Waals surface area contributed by atoms with Crippen molar-refractivity contribution >= 4 is 12.1 Å². The lowest BCUT2D eigenvalue weighted by Crippen LogP contribution is -2.43. The van der Waals surface area contributed by atoms with Crippen LogP contribution in [0.2, 0.25) is 0 Å². The fourth-order valence-electron chi connectivity index (χ4n) is 1.91. The van der Waals surface area contributed by atoms with Crippen molar-refractivity contribution in [2.75, 3.05) is 13.2 Å². The van der Waals surface area contributed by atoms with Crippen LogP contribution in [0.25, 0.3) is 0 Å². The van der Waals surface area contributed by atoms with Crippen LogP contribution in [0.5, 0.6) is 0 Å². The Hall–Kier alpha value is -1.30. The predicted octanol–water partition coefficient (Wildman–Crippen LogP) is 1.49. The van der Waals surface area contributed by atoms with Gasteiger partial charge in [0.2, 0.25) is 0 Å². The highest BCUT2D eigenvalue weighted by Gasteiger charge is 2.41. The average Bonchev–Trinajstić information content (AvgIpc) is 2.59. The first-order chi connectivity index (χ1) is 8.24. The lowest BCUT2D eigenvalue weighted by Gasteiger charge is -2.26. The van der Waals surface area contributed by atoms with Gasteiger partial charge in [-0.15, -0.1) is 0 Å². The van der Waals surface area contributed by atoms with Crippen molar-refractivity contribution in [3.05, 3.63) is 0 Å². The van der Waals surface area contributed by atoms with Crippen LogP contribution in [-0.4, -0.2) is 53.0 Å². The number of carboxylic acid groups (broad SMARTS) is 1. The monoisotopic (exact) mass is 259 g/mol. The van der Waals surface area contributed by atoms with E-state index in [9.17, 15) is 9.59 Å². The number of aliphatic carboxylic acids is 1. The molecular weight excluding hydrogens is 238 g/mol. The molecule has 0 aromatic carbocycles. The molecule has 0 aromatic heterocycles. The highest BCUT2D eigenvalue weighted by Crippen LogP contribution is 2.23. The van der Waals surface area contributed by atoms with Crippen LogP contribution in [0.3, 0.4) is 0 Å². The van der Waals surface area contributed by atoms with Gasteiger partial charge in [0.25, 0.3) is 0 Å². The first kappa shape index (κ1) is 14.8. The molecule has 6 heteroatoms. The van der Waals surface area contributed by atoms with Crippen molar-refractivity contribution in [1.82, 2.24) is 4.90 Å². The molecular formula is C12H21NO5. The molecule has 0 aliphatic carbocycles. The van der Waals surface area contributed by atoms with Gasteiger partial charge in [0.1, 0.15) is 11.6 Å². The summed E-state index contributed by atoms with van der Waals surface area (Å²) in [6.45, 7) is 7.84. The van der Waals surface area contributed by atoms with Crippen molar-refractivity contribution in [2.24, 2.45) is 0 Å². The van der Waals surface area contributed by atoms with E-state index in [2.05, 4.69) is 0 Å². The van der Waals surface area contributed by atoms with E-state index < -0.39 is 23.7 Å². The number of carbonyl (C=O) groups excluding carboxylic acids is 1. The van der Waals surface area contributed by atoms with Crippen LogP contribution in [-0.2, 0) is 14.3 Å². The van der Waals surface area contributed by atoms with Crippen molar-refractivity contribution in [3.8, 4) is 0 Å². The third-order valence-corrected chi connectivity index (χ3v) is 2.58. The topological polar surface area (TPSA) is 76.1 Å². The average molecular weight is 259 g/mol. The van der Waals surface area contributed by atoms with Crippen LogP contribution in [0.1, 0.15) is 34.1 Å². The van der Waals surface area contributed by atoms with Crippen molar-refractivity contribution in [1.29, 1.82) is 0 Å². The summed E-state index contributed by atoms with van der Waals surface area (Å²) in [4.78, 5) is 24.3. The Morgan fingerprint density at radius 1 is 1.39 bits per heavy atom. The first-order valence-electron chi connectivity index (χ1n) is 6.08. The molecule has 6 nitrogen and oxygen atoms in total. The standard InChI is InChI=1S/C12H21NO5/c1-5-17-8-6-9(10(14)15)13(7-8)11(16)18-12(2,3)4/h8-9H,5-7H2,1-4H3,(H,14,15). The van der Waals surface area contributed by atoms with Crippen LogP contribution in [0, 0.1) is 0 Å². The second kappa shape index (κ2) is 5.56. The maximum atomic E-state index is 11.9. The number of hydrogen-bond acceptors (Lipinski definition) is 4. The number of nitrogens with zero attached hydrogens (tertiary/aromatic N) is 1. The van der Waals surface area contributed by atoms with Gasteiger partial charge in [-0.1, -0.05) is 0 Å². The van der Waals surface area contributed by atoms with Gasteiger partial charge in [0.15, 0.2) is 0 Å². The van der Waals surface area contributed by atoms with Gasteiger partial charge >= 0.3 is 12.1 Å². The summed E-state index contributed by atoms with van der Waals surface area (Å²) < 4.78 is 10.6. The van der Waals surface area contributed by atoms with E-state index in [-0.39, 0.29) is 12.6 Å². The van der Waals surface area contributed by atoms with E-state index in [1.54, 1.807) is 20.8 Å². The molecule has 0 saturated carbocycles. The van der Waals surface area contributed by atoms with Gasteiger partial charge in [-0.25, -0.2) is 9.59 Å². The fourth-order valence-corrected chi connectivity index (χ4v) is 1.91. The van der Waals surface area contributed by atoms with Gasteiger partial charge < -0.3 is 14.6 Å². The lowest BCUT2D eigenvalue weighted by molar-refractivity contribution is -0.142. The minimum absolute atomic E-state index is 0.233. The number of carbonyl (C=O) groups is 2. The molecule has 1 saturated heterocycles. The van der Waals surface area contributed by atoms with Crippen molar-refractivity contribution in [2.45, 2.75) is 51.9 Å². The number of amides is 1. The van der Waals surface area contributed by atoms with Gasteiger partial charge in [-0.3, -0.25) is 4.90 Å². The minimum atomic E-state index is -1.02. The van der Waals surface area contributed by atoms with Crippen LogP contribution < -0.4 is 0 Å². The Bertz CT molecular complexity index is 323. The highest BCUT2D eigenvalue weighted by atomic mass is 16.6. The number of rotatable bonds is 3. The molecule has 1 N–H and O–H groups in total. The normalized spacial score (nSPS) is 24.1. The van der Waals surface area contributed by atoms with E-state index in [1.807, 2.05) is 6.92 Å². The van der Waals surface area contributed by atoms with Crippen LogP contribution in [0.15, 0.2) is 0 Å². The largest absolute Gasteiger partial charge is 0.480 e. The third-order valence-electron chi connectivity index (χ3n) is 2.58. The minimum Gasteiger partial charge on any atom is -0.480 e. The Morgan fingerprint density at radius 3 is 2.44 bits per heavy atom.